The van der Waals surface area contributed by atoms with E-state index in [1.165, 1.54) is 17.4 Å². The Bertz CT molecular complexity index is 810. The first-order valence-electron chi connectivity index (χ1n) is 8.46. The molecule has 0 aliphatic carbocycles. The van der Waals surface area contributed by atoms with Crippen LogP contribution in [0.5, 0.6) is 0 Å². The van der Waals surface area contributed by atoms with E-state index in [4.69, 9.17) is 11.6 Å². The summed E-state index contributed by atoms with van der Waals surface area (Å²) < 4.78 is 13.3. The van der Waals surface area contributed by atoms with Gasteiger partial charge >= 0.3 is 6.03 Å². The summed E-state index contributed by atoms with van der Waals surface area (Å²) in [5, 5.41) is 8.96. The Morgan fingerprint density at radius 1 is 1.46 bits per heavy atom. The van der Waals surface area contributed by atoms with Gasteiger partial charge in [0.1, 0.15) is 10.8 Å². The van der Waals surface area contributed by atoms with Crippen molar-refractivity contribution in [1.82, 2.24) is 15.6 Å². The zero-order valence-corrected chi connectivity index (χ0v) is 16.5. The maximum atomic E-state index is 13.3. The molecule has 140 valence electrons. The van der Waals surface area contributed by atoms with Crippen molar-refractivity contribution in [3.05, 3.63) is 45.1 Å². The summed E-state index contributed by atoms with van der Waals surface area (Å²) in [4.78, 5) is 18.9. The van der Waals surface area contributed by atoms with E-state index in [-0.39, 0.29) is 17.1 Å². The van der Waals surface area contributed by atoms with E-state index < -0.39 is 11.4 Å². The van der Waals surface area contributed by atoms with Gasteiger partial charge < -0.3 is 15.5 Å². The quantitative estimate of drug-likeness (QED) is 0.819. The molecule has 3 rings (SSSR count). The van der Waals surface area contributed by atoms with Gasteiger partial charge in [-0.3, -0.25) is 0 Å². The Balaban J connectivity index is 1.56. The van der Waals surface area contributed by atoms with E-state index in [2.05, 4.69) is 20.5 Å². The third-order valence-electron chi connectivity index (χ3n) is 4.37. The topological polar surface area (TPSA) is 57.3 Å². The van der Waals surface area contributed by atoms with Gasteiger partial charge in [0.15, 0.2) is 0 Å². The van der Waals surface area contributed by atoms with Gasteiger partial charge in [-0.15, -0.1) is 11.3 Å². The van der Waals surface area contributed by atoms with Gasteiger partial charge in [-0.1, -0.05) is 11.6 Å². The number of anilines is 1. The predicted octanol–water partition coefficient (Wildman–Crippen LogP) is 4.06. The smallest absolute Gasteiger partial charge is 0.315 e. The van der Waals surface area contributed by atoms with Gasteiger partial charge in [-0.05, 0) is 45.4 Å². The van der Waals surface area contributed by atoms with E-state index in [0.717, 1.165) is 29.4 Å². The SMILES string of the molecule is Cc1csc(C(C)(C)NC(=O)NC2CCN(c3ccc(F)c(Cl)c3)C2)n1. The Morgan fingerprint density at radius 3 is 2.88 bits per heavy atom. The van der Waals surface area contributed by atoms with Crippen LogP contribution in [0.15, 0.2) is 23.6 Å². The van der Waals surface area contributed by atoms with Gasteiger partial charge in [-0.25, -0.2) is 14.2 Å². The van der Waals surface area contributed by atoms with Gasteiger partial charge in [0, 0.05) is 35.9 Å². The number of nitrogens with one attached hydrogen (secondary N) is 2. The number of rotatable bonds is 4. The first-order chi connectivity index (χ1) is 12.2. The third-order valence-corrected chi connectivity index (χ3v) is 5.94. The largest absolute Gasteiger partial charge is 0.369 e. The zero-order chi connectivity index (χ0) is 18.9. The molecule has 0 spiro atoms. The molecular weight excluding hydrogens is 375 g/mol. The molecule has 0 saturated carbocycles. The number of halogens is 2. The molecule has 1 aliphatic rings. The van der Waals surface area contributed by atoms with Crippen LogP contribution in [0.1, 0.15) is 31.0 Å². The summed E-state index contributed by atoms with van der Waals surface area (Å²) in [6.07, 6.45) is 0.819. The molecule has 0 bridgehead atoms. The lowest BCUT2D eigenvalue weighted by Crippen LogP contribution is -2.50. The number of hydrogen-bond donors (Lipinski definition) is 2. The Labute approximate surface area is 161 Å². The molecule has 8 heteroatoms. The van der Waals surface area contributed by atoms with Crippen molar-refractivity contribution in [2.45, 2.75) is 38.8 Å². The highest BCUT2D eigenvalue weighted by atomic mass is 35.5. The molecule has 1 unspecified atom stereocenters. The average Bonchev–Trinajstić information content (AvgIpc) is 3.19. The lowest BCUT2D eigenvalue weighted by Gasteiger charge is -2.25. The van der Waals surface area contributed by atoms with Gasteiger partial charge in [0.05, 0.1) is 10.6 Å². The standard InChI is InChI=1S/C18H22ClFN4OS/c1-11-10-26-16(21-11)18(2,3)23-17(25)22-12-6-7-24(9-12)13-4-5-15(20)14(19)8-13/h4-5,8,10,12H,6-7,9H2,1-3H3,(H2,22,23,25). The summed E-state index contributed by atoms with van der Waals surface area (Å²) in [7, 11) is 0. The second-order valence-corrected chi connectivity index (χ2v) is 8.31. The maximum absolute atomic E-state index is 13.3. The second-order valence-electron chi connectivity index (χ2n) is 7.05. The van der Waals surface area contributed by atoms with Crippen LogP contribution < -0.4 is 15.5 Å². The van der Waals surface area contributed by atoms with Crippen molar-refractivity contribution >= 4 is 34.7 Å². The fourth-order valence-corrected chi connectivity index (χ4v) is 4.05. The fraction of sp³-hybridized carbons (Fsp3) is 0.444. The normalized spacial score (nSPS) is 17.4. The maximum Gasteiger partial charge on any atom is 0.315 e. The van der Waals surface area contributed by atoms with Crippen molar-refractivity contribution in [2.75, 3.05) is 18.0 Å². The highest BCUT2D eigenvalue weighted by Crippen LogP contribution is 2.26. The first-order valence-corrected chi connectivity index (χ1v) is 9.71. The Morgan fingerprint density at radius 2 is 2.23 bits per heavy atom. The Hall–Kier alpha value is -1.86. The van der Waals surface area contributed by atoms with Crippen LogP contribution in [-0.4, -0.2) is 30.1 Å². The number of benzene rings is 1. The summed E-state index contributed by atoms with van der Waals surface area (Å²) in [5.74, 6) is -0.427. The zero-order valence-electron chi connectivity index (χ0n) is 15.0. The minimum atomic E-state index is -0.536. The summed E-state index contributed by atoms with van der Waals surface area (Å²) in [5.41, 5.74) is 1.27. The second kappa shape index (κ2) is 7.40. The van der Waals surface area contributed by atoms with E-state index >= 15 is 0 Å². The van der Waals surface area contributed by atoms with Crippen molar-refractivity contribution in [3.8, 4) is 0 Å². The minimum Gasteiger partial charge on any atom is -0.369 e. The number of carbonyl (C=O) groups excluding carboxylic acids is 1. The van der Waals surface area contributed by atoms with E-state index in [1.54, 1.807) is 12.1 Å². The predicted molar refractivity (Wildman–Crippen MR) is 104 cm³/mol. The molecule has 2 amide bonds. The number of urea groups is 1. The van der Waals surface area contributed by atoms with Crippen LogP contribution >= 0.6 is 22.9 Å². The van der Waals surface area contributed by atoms with Crippen molar-refractivity contribution in [1.29, 1.82) is 0 Å². The van der Waals surface area contributed by atoms with E-state index in [0.29, 0.717) is 6.54 Å². The molecule has 1 aliphatic heterocycles. The number of nitrogens with zero attached hydrogens (tertiary/aromatic N) is 2. The van der Waals surface area contributed by atoms with Gasteiger partial charge in [0.25, 0.3) is 0 Å². The van der Waals surface area contributed by atoms with Crippen LogP contribution in [0.3, 0.4) is 0 Å². The van der Waals surface area contributed by atoms with Crippen LogP contribution in [-0.2, 0) is 5.54 Å². The highest BCUT2D eigenvalue weighted by molar-refractivity contribution is 7.09. The Kier molecular flexibility index (Phi) is 5.39. The summed E-state index contributed by atoms with van der Waals surface area (Å²) in [6, 6.07) is 4.49. The number of aromatic nitrogens is 1. The number of hydrogen-bond acceptors (Lipinski definition) is 4. The number of carbonyl (C=O) groups is 1. The fourth-order valence-electron chi connectivity index (χ4n) is 2.99. The minimum absolute atomic E-state index is 0.0210. The van der Waals surface area contributed by atoms with Crippen LogP contribution in [0.25, 0.3) is 0 Å². The van der Waals surface area contributed by atoms with Crippen molar-refractivity contribution in [2.24, 2.45) is 0 Å². The molecule has 1 atom stereocenters. The van der Waals surface area contributed by atoms with Crippen LogP contribution in [0, 0.1) is 12.7 Å². The number of amides is 2. The molecule has 2 N–H and O–H groups in total. The molecule has 1 aromatic carbocycles. The van der Waals surface area contributed by atoms with Crippen molar-refractivity contribution in [3.63, 3.8) is 0 Å². The van der Waals surface area contributed by atoms with Crippen LogP contribution in [0.4, 0.5) is 14.9 Å². The number of aryl methyl sites for hydroxylation is 1. The molecular formula is C18H22ClFN4OS. The molecule has 1 fully saturated rings. The van der Waals surface area contributed by atoms with Gasteiger partial charge in [-0.2, -0.15) is 0 Å². The van der Waals surface area contributed by atoms with Crippen molar-refractivity contribution < 1.29 is 9.18 Å². The monoisotopic (exact) mass is 396 g/mol. The first kappa shape index (κ1) is 18.9. The summed E-state index contributed by atoms with van der Waals surface area (Å²) in [6.45, 7) is 7.25. The molecule has 0 radical (unpaired) electrons. The third kappa shape index (κ3) is 4.27. The van der Waals surface area contributed by atoms with Crippen LogP contribution in [0.2, 0.25) is 5.02 Å². The average molecular weight is 397 g/mol. The molecule has 1 saturated heterocycles. The van der Waals surface area contributed by atoms with E-state index in [1.807, 2.05) is 26.2 Å². The lowest BCUT2D eigenvalue weighted by molar-refractivity contribution is 0.227. The van der Waals surface area contributed by atoms with E-state index in [9.17, 15) is 9.18 Å². The summed E-state index contributed by atoms with van der Waals surface area (Å²) >= 11 is 7.40. The van der Waals surface area contributed by atoms with Gasteiger partial charge in [0.2, 0.25) is 0 Å². The number of thiazole rings is 1. The molecule has 26 heavy (non-hydrogen) atoms. The lowest BCUT2D eigenvalue weighted by atomic mass is 10.1. The molecule has 2 heterocycles. The molecule has 1 aromatic heterocycles. The molecule has 5 nitrogen and oxygen atoms in total. The highest BCUT2D eigenvalue weighted by Gasteiger charge is 2.29. The molecule has 2 aromatic rings.